The summed E-state index contributed by atoms with van der Waals surface area (Å²) in [6.07, 6.45) is 5.33. The Balaban J connectivity index is 1.59. The molecule has 0 aliphatic carbocycles. The van der Waals surface area contributed by atoms with Gasteiger partial charge in [0, 0.05) is 40.7 Å². The topological polar surface area (TPSA) is 64.5 Å². The summed E-state index contributed by atoms with van der Waals surface area (Å²) in [5.74, 6) is 0. The van der Waals surface area contributed by atoms with Crippen LogP contribution in [0.15, 0.2) is 91.4 Å². The fourth-order valence-electron chi connectivity index (χ4n) is 3.79. The zero-order valence-corrected chi connectivity index (χ0v) is 17.1. The maximum Gasteiger partial charge on any atom is 0.103 e. The minimum absolute atomic E-state index is 0.507. The van der Waals surface area contributed by atoms with Crippen LogP contribution in [-0.2, 0) is 0 Å². The predicted molar refractivity (Wildman–Crippen MR) is 126 cm³/mol. The molecule has 0 radical (unpaired) electrons. The van der Waals surface area contributed by atoms with Crippen LogP contribution in [0.1, 0.15) is 11.1 Å². The van der Waals surface area contributed by atoms with E-state index in [0.717, 1.165) is 44.5 Å². The van der Waals surface area contributed by atoms with E-state index in [1.54, 1.807) is 6.20 Å². The summed E-state index contributed by atoms with van der Waals surface area (Å²) in [5, 5.41) is 14.3. The number of fused-ring (bicyclic) bond motifs is 1. The molecule has 0 aliphatic heterocycles. The van der Waals surface area contributed by atoms with Crippen LogP contribution in [0.3, 0.4) is 0 Å². The molecule has 2 heterocycles. The van der Waals surface area contributed by atoms with Crippen LogP contribution in [-0.4, -0.2) is 9.97 Å². The van der Waals surface area contributed by atoms with Gasteiger partial charge in [0.1, 0.15) is 6.07 Å². The number of aromatic amines is 1. The molecule has 2 N–H and O–H groups in total. The Morgan fingerprint density at radius 2 is 1.71 bits per heavy atom. The van der Waals surface area contributed by atoms with E-state index in [2.05, 4.69) is 76.8 Å². The van der Waals surface area contributed by atoms with Crippen molar-refractivity contribution in [1.82, 2.24) is 9.97 Å². The molecule has 0 atom stereocenters. The van der Waals surface area contributed by atoms with Crippen molar-refractivity contribution in [3.63, 3.8) is 0 Å². The molecule has 5 aromatic rings. The van der Waals surface area contributed by atoms with E-state index in [9.17, 15) is 5.26 Å². The second-order valence-electron chi connectivity index (χ2n) is 7.57. The molecule has 0 unspecified atom stereocenters. The largest absolute Gasteiger partial charge is 0.361 e. The summed E-state index contributed by atoms with van der Waals surface area (Å²) in [4.78, 5) is 7.53. The number of benzene rings is 3. The number of hydrogen-bond acceptors (Lipinski definition) is 3. The van der Waals surface area contributed by atoms with Gasteiger partial charge in [-0.2, -0.15) is 5.26 Å². The zero-order chi connectivity index (χ0) is 21.2. The van der Waals surface area contributed by atoms with Gasteiger partial charge in [-0.05, 0) is 53.9 Å². The maximum atomic E-state index is 9.73. The van der Waals surface area contributed by atoms with Crippen molar-refractivity contribution in [2.24, 2.45) is 0 Å². The molecule has 148 valence electrons. The lowest BCUT2D eigenvalue weighted by Gasteiger charge is -2.15. The number of H-pyrrole nitrogens is 1. The van der Waals surface area contributed by atoms with Gasteiger partial charge in [0.25, 0.3) is 0 Å². The molecule has 0 amide bonds. The summed E-state index contributed by atoms with van der Waals surface area (Å²) in [6.45, 7) is 2.09. The van der Waals surface area contributed by atoms with E-state index in [0.29, 0.717) is 5.56 Å². The maximum absolute atomic E-state index is 9.73. The molecular formula is C27H20N4. The highest BCUT2D eigenvalue weighted by atomic mass is 14.9. The minimum atomic E-state index is 0.507. The Bertz CT molecular complexity index is 1420. The molecule has 0 aliphatic rings. The third-order valence-corrected chi connectivity index (χ3v) is 5.45. The average molecular weight is 400 g/mol. The number of nitrogens with one attached hydrogen (secondary N) is 2. The Kier molecular flexibility index (Phi) is 4.70. The number of pyridine rings is 1. The van der Waals surface area contributed by atoms with E-state index in [1.807, 2.05) is 36.7 Å². The van der Waals surface area contributed by atoms with Crippen LogP contribution in [0.5, 0.6) is 0 Å². The van der Waals surface area contributed by atoms with Crippen LogP contribution in [0.4, 0.5) is 11.4 Å². The first-order valence-electron chi connectivity index (χ1n) is 10.1. The van der Waals surface area contributed by atoms with E-state index >= 15 is 0 Å². The first-order valence-corrected chi connectivity index (χ1v) is 10.1. The standard InChI is InChI=1S/C27H20N4/c1-18-5-7-19(8-6-18)20-3-2-4-21(13-20)25-17-29-16-23(15-28)27(25)31-24-9-10-26-22(14-24)11-12-30-26/h2-14,16-17,30H,1H3,(H,29,31). The van der Waals surface area contributed by atoms with Gasteiger partial charge in [-0.1, -0.05) is 48.0 Å². The van der Waals surface area contributed by atoms with Crippen molar-refractivity contribution in [1.29, 1.82) is 5.26 Å². The summed E-state index contributed by atoms with van der Waals surface area (Å²) in [7, 11) is 0. The lowest BCUT2D eigenvalue weighted by atomic mass is 9.97. The monoisotopic (exact) mass is 400 g/mol. The molecule has 2 aromatic heterocycles. The van der Waals surface area contributed by atoms with Crippen molar-refractivity contribution in [3.05, 3.63) is 103 Å². The molecule has 0 spiro atoms. The molecule has 0 fully saturated rings. The van der Waals surface area contributed by atoms with Crippen LogP contribution < -0.4 is 5.32 Å². The summed E-state index contributed by atoms with van der Waals surface area (Å²) < 4.78 is 0. The van der Waals surface area contributed by atoms with Gasteiger partial charge < -0.3 is 10.3 Å². The van der Waals surface area contributed by atoms with Gasteiger partial charge in [0.2, 0.25) is 0 Å². The first kappa shape index (κ1) is 18.7. The first-order chi connectivity index (χ1) is 15.2. The average Bonchev–Trinajstić information content (AvgIpc) is 3.28. The SMILES string of the molecule is Cc1ccc(-c2cccc(-c3cncc(C#N)c3Nc3ccc4[nH]ccc4c3)c2)cc1. The number of rotatable bonds is 4. The van der Waals surface area contributed by atoms with Gasteiger partial charge in [0.05, 0.1) is 11.3 Å². The fraction of sp³-hybridized carbons (Fsp3) is 0.0370. The van der Waals surface area contributed by atoms with Crippen LogP contribution in [0, 0.1) is 18.3 Å². The van der Waals surface area contributed by atoms with Gasteiger partial charge in [-0.25, -0.2) is 0 Å². The third kappa shape index (κ3) is 3.65. The Hall–Kier alpha value is -4.36. The molecule has 5 rings (SSSR count). The van der Waals surface area contributed by atoms with E-state index in [-0.39, 0.29) is 0 Å². The number of nitrogens with zero attached hydrogens (tertiary/aromatic N) is 2. The highest BCUT2D eigenvalue weighted by Gasteiger charge is 2.13. The van der Waals surface area contributed by atoms with E-state index < -0.39 is 0 Å². The Morgan fingerprint density at radius 3 is 2.55 bits per heavy atom. The van der Waals surface area contributed by atoms with Crippen molar-refractivity contribution in [3.8, 4) is 28.3 Å². The predicted octanol–water partition coefficient (Wildman–Crippen LogP) is 6.82. The minimum Gasteiger partial charge on any atom is -0.361 e. The molecule has 0 saturated heterocycles. The second-order valence-corrected chi connectivity index (χ2v) is 7.57. The highest BCUT2D eigenvalue weighted by molar-refractivity contribution is 5.89. The van der Waals surface area contributed by atoms with Gasteiger partial charge >= 0.3 is 0 Å². The van der Waals surface area contributed by atoms with Crippen molar-refractivity contribution in [2.45, 2.75) is 6.92 Å². The lowest BCUT2D eigenvalue weighted by Crippen LogP contribution is -1.98. The van der Waals surface area contributed by atoms with Crippen LogP contribution in [0.2, 0.25) is 0 Å². The highest BCUT2D eigenvalue weighted by Crippen LogP contribution is 2.35. The Morgan fingerprint density at radius 1 is 0.871 bits per heavy atom. The van der Waals surface area contributed by atoms with Gasteiger partial charge in [-0.15, -0.1) is 0 Å². The van der Waals surface area contributed by atoms with Crippen molar-refractivity contribution < 1.29 is 0 Å². The quantitative estimate of drug-likeness (QED) is 0.348. The summed E-state index contributed by atoms with van der Waals surface area (Å²) >= 11 is 0. The number of hydrogen-bond donors (Lipinski definition) is 2. The fourth-order valence-corrected chi connectivity index (χ4v) is 3.79. The van der Waals surface area contributed by atoms with Crippen molar-refractivity contribution >= 4 is 22.3 Å². The molecule has 4 nitrogen and oxygen atoms in total. The lowest BCUT2D eigenvalue weighted by molar-refractivity contribution is 1.30. The van der Waals surface area contributed by atoms with E-state index in [4.69, 9.17) is 0 Å². The van der Waals surface area contributed by atoms with Crippen LogP contribution in [0.25, 0.3) is 33.2 Å². The third-order valence-electron chi connectivity index (χ3n) is 5.45. The molecule has 31 heavy (non-hydrogen) atoms. The normalized spacial score (nSPS) is 10.7. The van der Waals surface area contributed by atoms with E-state index in [1.165, 1.54) is 5.56 Å². The number of nitriles is 1. The molecule has 0 bridgehead atoms. The molecular weight excluding hydrogens is 380 g/mol. The number of anilines is 2. The Labute approximate surface area is 180 Å². The molecule has 4 heteroatoms. The second kappa shape index (κ2) is 7.81. The number of aromatic nitrogens is 2. The molecule has 0 saturated carbocycles. The van der Waals surface area contributed by atoms with Crippen LogP contribution >= 0.6 is 0 Å². The number of aryl methyl sites for hydroxylation is 1. The summed E-state index contributed by atoms with van der Waals surface area (Å²) in [6, 6.07) is 27.2. The van der Waals surface area contributed by atoms with Gasteiger partial charge in [0.15, 0.2) is 0 Å². The molecule has 3 aromatic carbocycles. The zero-order valence-electron chi connectivity index (χ0n) is 17.1. The van der Waals surface area contributed by atoms with Crippen molar-refractivity contribution in [2.75, 3.05) is 5.32 Å². The van der Waals surface area contributed by atoms with Gasteiger partial charge in [-0.3, -0.25) is 4.98 Å². The summed E-state index contributed by atoms with van der Waals surface area (Å²) in [5.41, 5.74) is 8.67. The smallest absolute Gasteiger partial charge is 0.103 e.